The van der Waals surface area contributed by atoms with Crippen molar-refractivity contribution in [3.8, 4) is 5.75 Å². The minimum absolute atomic E-state index is 0.107. The summed E-state index contributed by atoms with van der Waals surface area (Å²) in [4.78, 5) is 17.9. The van der Waals surface area contributed by atoms with E-state index in [2.05, 4.69) is 4.98 Å². The monoisotopic (exact) mass is 255 g/mol. The highest BCUT2D eigenvalue weighted by Crippen LogP contribution is 2.32. The lowest BCUT2D eigenvalue weighted by atomic mass is 10.1. The molecule has 0 fully saturated rings. The van der Waals surface area contributed by atoms with Crippen LogP contribution in [-0.2, 0) is 6.42 Å². The van der Waals surface area contributed by atoms with Crippen molar-refractivity contribution in [1.29, 1.82) is 0 Å². The fourth-order valence-corrected chi connectivity index (χ4v) is 2.32. The number of nitrogens with two attached hydrogens (primary N) is 1. The van der Waals surface area contributed by atoms with Crippen LogP contribution in [-0.4, -0.2) is 22.5 Å². The average Bonchev–Trinajstić information content (AvgIpc) is 2.81. The molecule has 3 rings (SSSR count). The van der Waals surface area contributed by atoms with Gasteiger partial charge in [0.25, 0.3) is 5.91 Å². The van der Waals surface area contributed by atoms with Crippen molar-refractivity contribution in [2.24, 2.45) is 0 Å². The van der Waals surface area contributed by atoms with Crippen molar-refractivity contribution in [3.05, 3.63) is 47.8 Å². The standard InChI is InChI=1S/C14H13N3O2/c15-10-2-1-9-4-6-17(12(9)7-10)14(19)11-3-5-16-8-13(11)18/h1-3,5,7-8,18H,4,6,15H2. The molecule has 0 atom stereocenters. The molecule has 0 aliphatic carbocycles. The van der Waals surface area contributed by atoms with Gasteiger partial charge in [-0.3, -0.25) is 9.78 Å². The van der Waals surface area contributed by atoms with Crippen molar-refractivity contribution in [2.75, 3.05) is 17.2 Å². The molecule has 96 valence electrons. The highest BCUT2D eigenvalue weighted by Gasteiger charge is 2.27. The van der Waals surface area contributed by atoms with Gasteiger partial charge in [-0.25, -0.2) is 0 Å². The molecule has 1 aromatic heterocycles. The van der Waals surface area contributed by atoms with Gasteiger partial charge in [-0.15, -0.1) is 0 Å². The number of nitrogens with zero attached hydrogens (tertiary/aromatic N) is 2. The summed E-state index contributed by atoms with van der Waals surface area (Å²) in [6, 6.07) is 7.07. The van der Waals surface area contributed by atoms with E-state index in [1.165, 1.54) is 18.5 Å². The fourth-order valence-electron chi connectivity index (χ4n) is 2.32. The molecule has 5 nitrogen and oxygen atoms in total. The summed E-state index contributed by atoms with van der Waals surface area (Å²) in [5.41, 5.74) is 8.56. The molecular formula is C14H13N3O2. The van der Waals surface area contributed by atoms with Gasteiger partial charge < -0.3 is 15.7 Å². The number of carbonyl (C=O) groups is 1. The number of aromatic nitrogens is 1. The molecule has 5 heteroatoms. The molecule has 0 bridgehead atoms. The summed E-state index contributed by atoms with van der Waals surface area (Å²) in [7, 11) is 0. The van der Waals surface area contributed by atoms with Gasteiger partial charge in [0, 0.05) is 24.1 Å². The zero-order valence-corrected chi connectivity index (χ0v) is 10.2. The Labute approximate surface area is 110 Å². The van der Waals surface area contributed by atoms with E-state index >= 15 is 0 Å². The van der Waals surface area contributed by atoms with Crippen LogP contribution in [0.15, 0.2) is 36.7 Å². The number of fused-ring (bicyclic) bond motifs is 1. The number of anilines is 2. The number of nitrogen functional groups attached to an aromatic ring is 1. The average molecular weight is 255 g/mol. The second-order valence-corrected chi connectivity index (χ2v) is 4.49. The van der Waals surface area contributed by atoms with E-state index < -0.39 is 0 Å². The van der Waals surface area contributed by atoms with Gasteiger partial charge in [0.1, 0.15) is 5.75 Å². The first kappa shape index (κ1) is 11.5. The number of hydrogen-bond donors (Lipinski definition) is 2. The lowest BCUT2D eigenvalue weighted by Gasteiger charge is -2.18. The van der Waals surface area contributed by atoms with E-state index in [0.29, 0.717) is 12.2 Å². The van der Waals surface area contributed by atoms with Crippen molar-refractivity contribution in [2.45, 2.75) is 6.42 Å². The molecule has 0 saturated carbocycles. The SMILES string of the molecule is Nc1ccc2c(c1)N(C(=O)c1ccncc1O)CC2. The Kier molecular flexibility index (Phi) is 2.59. The number of carbonyl (C=O) groups excluding carboxylic acids is 1. The number of hydrogen-bond acceptors (Lipinski definition) is 4. The summed E-state index contributed by atoms with van der Waals surface area (Å²) in [6.07, 6.45) is 3.56. The van der Waals surface area contributed by atoms with E-state index in [0.717, 1.165) is 17.7 Å². The molecule has 1 aromatic carbocycles. The largest absolute Gasteiger partial charge is 0.505 e. The van der Waals surface area contributed by atoms with Crippen LogP contribution in [0.3, 0.4) is 0 Å². The highest BCUT2D eigenvalue weighted by atomic mass is 16.3. The lowest BCUT2D eigenvalue weighted by Crippen LogP contribution is -2.29. The second-order valence-electron chi connectivity index (χ2n) is 4.49. The van der Waals surface area contributed by atoms with E-state index in [4.69, 9.17) is 5.73 Å². The minimum atomic E-state index is -0.232. The summed E-state index contributed by atoms with van der Waals surface area (Å²) < 4.78 is 0. The highest BCUT2D eigenvalue weighted by molar-refractivity contribution is 6.09. The van der Waals surface area contributed by atoms with Crippen molar-refractivity contribution in [1.82, 2.24) is 4.98 Å². The summed E-state index contributed by atoms with van der Waals surface area (Å²) in [5, 5.41) is 9.71. The lowest BCUT2D eigenvalue weighted by molar-refractivity contribution is 0.0986. The van der Waals surface area contributed by atoms with E-state index in [1.54, 1.807) is 11.0 Å². The van der Waals surface area contributed by atoms with Crippen molar-refractivity contribution < 1.29 is 9.90 Å². The number of amides is 1. The van der Waals surface area contributed by atoms with Crippen LogP contribution < -0.4 is 10.6 Å². The molecule has 0 radical (unpaired) electrons. The van der Waals surface area contributed by atoms with E-state index in [1.807, 2.05) is 12.1 Å². The molecule has 2 heterocycles. The third-order valence-electron chi connectivity index (χ3n) is 3.28. The Morgan fingerprint density at radius 3 is 3.00 bits per heavy atom. The third kappa shape index (κ3) is 1.89. The molecule has 0 saturated heterocycles. The fraction of sp³-hybridized carbons (Fsp3) is 0.143. The van der Waals surface area contributed by atoms with Gasteiger partial charge in [-0.1, -0.05) is 6.07 Å². The van der Waals surface area contributed by atoms with Crippen LogP contribution in [0.2, 0.25) is 0 Å². The molecule has 1 aliphatic rings. The molecule has 2 aromatic rings. The molecule has 1 amide bonds. The quantitative estimate of drug-likeness (QED) is 0.758. The number of aromatic hydroxyl groups is 1. The van der Waals surface area contributed by atoms with Gasteiger partial charge in [-0.2, -0.15) is 0 Å². The smallest absolute Gasteiger partial charge is 0.262 e. The van der Waals surface area contributed by atoms with Gasteiger partial charge >= 0.3 is 0 Å². The minimum Gasteiger partial charge on any atom is -0.505 e. The molecule has 3 N–H and O–H groups in total. The van der Waals surface area contributed by atoms with Crippen LogP contribution in [0, 0.1) is 0 Å². The van der Waals surface area contributed by atoms with E-state index in [-0.39, 0.29) is 17.2 Å². The van der Waals surface area contributed by atoms with Crippen LogP contribution in [0.25, 0.3) is 0 Å². The first-order valence-corrected chi connectivity index (χ1v) is 6.00. The second kappa shape index (κ2) is 4.28. The zero-order valence-electron chi connectivity index (χ0n) is 10.2. The van der Waals surface area contributed by atoms with Crippen molar-refractivity contribution in [3.63, 3.8) is 0 Å². The molecule has 19 heavy (non-hydrogen) atoms. The summed E-state index contributed by atoms with van der Waals surface area (Å²) in [5.74, 6) is -0.339. The normalized spacial score (nSPS) is 13.4. The Morgan fingerprint density at radius 1 is 1.37 bits per heavy atom. The maximum Gasteiger partial charge on any atom is 0.262 e. The van der Waals surface area contributed by atoms with Crippen LogP contribution in [0.4, 0.5) is 11.4 Å². The Bertz CT molecular complexity index is 655. The van der Waals surface area contributed by atoms with Crippen LogP contribution in [0.5, 0.6) is 5.75 Å². The first-order chi connectivity index (χ1) is 9.16. The number of benzene rings is 1. The summed E-state index contributed by atoms with van der Waals surface area (Å²) in [6.45, 7) is 0.597. The van der Waals surface area contributed by atoms with Gasteiger partial charge in [0.15, 0.2) is 0 Å². The first-order valence-electron chi connectivity index (χ1n) is 6.00. The molecule has 0 unspecified atom stereocenters. The summed E-state index contributed by atoms with van der Waals surface area (Å²) >= 11 is 0. The van der Waals surface area contributed by atoms with Gasteiger partial charge in [0.2, 0.25) is 0 Å². The molecule has 1 aliphatic heterocycles. The van der Waals surface area contributed by atoms with Gasteiger partial charge in [0.05, 0.1) is 11.8 Å². The Balaban J connectivity index is 2.00. The zero-order chi connectivity index (χ0) is 13.4. The predicted octanol–water partition coefficient (Wildman–Crippen LogP) is 1.57. The molecular weight excluding hydrogens is 242 g/mol. The molecule has 0 spiro atoms. The van der Waals surface area contributed by atoms with Crippen molar-refractivity contribution >= 4 is 17.3 Å². The third-order valence-corrected chi connectivity index (χ3v) is 3.28. The van der Waals surface area contributed by atoms with Gasteiger partial charge in [-0.05, 0) is 30.2 Å². The van der Waals surface area contributed by atoms with Crippen LogP contribution >= 0.6 is 0 Å². The van der Waals surface area contributed by atoms with Crippen LogP contribution in [0.1, 0.15) is 15.9 Å². The van der Waals surface area contributed by atoms with E-state index in [9.17, 15) is 9.90 Å². The number of pyridine rings is 1. The maximum atomic E-state index is 12.4. The number of rotatable bonds is 1. The maximum absolute atomic E-state index is 12.4. The Morgan fingerprint density at radius 2 is 2.21 bits per heavy atom. The Hall–Kier alpha value is -2.56. The topological polar surface area (TPSA) is 79.5 Å². The predicted molar refractivity (Wildman–Crippen MR) is 72.1 cm³/mol.